The monoisotopic (exact) mass is 320 g/mol. The molecule has 1 aromatic carbocycles. The van der Waals surface area contributed by atoms with Gasteiger partial charge in [-0.25, -0.2) is 0 Å². The third-order valence-electron chi connectivity index (χ3n) is 3.71. The van der Waals surface area contributed by atoms with Crippen LogP contribution in [0.4, 0.5) is 5.69 Å². The van der Waals surface area contributed by atoms with E-state index in [0.717, 1.165) is 31.5 Å². The lowest BCUT2D eigenvalue weighted by Crippen LogP contribution is -2.43. The Balaban J connectivity index is 0.00000176. The fourth-order valence-electron chi connectivity index (χ4n) is 2.59. The van der Waals surface area contributed by atoms with Crippen molar-refractivity contribution in [3.05, 3.63) is 48.3 Å². The van der Waals surface area contributed by atoms with Crippen molar-refractivity contribution in [3.63, 3.8) is 0 Å². The summed E-state index contributed by atoms with van der Waals surface area (Å²) in [5, 5.41) is 10.5. The molecular formula is C16H21ClN4O. The average Bonchev–Trinajstić information content (AvgIpc) is 2.96. The number of piperidine rings is 1. The van der Waals surface area contributed by atoms with E-state index in [-0.39, 0.29) is 24.4 Å². The Hall–Kier alpha value is -1.85. The number of hydrogen-bond acceptors (Lipinski definition) is 3. The molecule has 1 atom stereocenters. The molecule has 0 bridgehead atoms. The first kappa shape index (κ1) is 16.5. The second-order valence-corrected chi connectivity index (χ2v) is 5.40. The van der Waals surface area contributed by atoms with Gasteiger partial charge >= 0.3 is 0 Å². The van der Waals surface area contributed by atoms with Crippen LogP contribution >= 0.6 is 12.4 Å². The fraction of sp³-hybridized carbons (Fsp3) is 0.375. The predicted octanol–water partition coefficient (Wildman–Crippen LogP) is 2.43. The number of nitrogens with one attached hydrogen (secondary N) is 2. The van der Waals surface area contributed by atoms with Gasteiger partial charge in [-0.2, -0.15) is 5.10 Å². The Kier molecular flexibility index (Phi) is 5.98. The van der Waals surface area contributed by atoms with E-state index >= 15 is 0 Å². The first-order valence-corrected chi connectivity index (χ1v) is 7.42. The summed E-state index contributed by atoms with van der Waals surface area (Å²) >= 11 is 0. The minimum atomic E-state index is -0.0729. The second-order valence-electron chi connectivity index (χ2n) is 5.40. The van der Waals surface area contributed by atoms with Crippen molar-refractivity contribution in [1.29, 1.82) is 0 Å². The number of benzene rings is 1. The minimum absolute atomic E-state index is 0. The average molecular weight is 321 g/mol. The number of aromatic nitrogens is 2. The van der Waals surface area contributed by atoms with Gasteiger partial charge in [0.25, 0.3) is 0 Å². The van der Waals surface area contributed by atoms with Crippen molar-refractivity contribution in [2.45, 2.75) is 31.8 Å². The zero-order chi connectivity index (χ0) is 14.5. The highest BCUT2D eigenvalue weighted by molar-refractivity contribution is 5.94. The molecule has 0 unspecified atom stereocenters. The Morgan fingerprint density at radius 3 is 2.86 bits per heavy atom. The molecule has 0 saturated carbocycles. The highest BCUT2D eigenvalue weighted by Gasteiger charge is 2.20. The number of nitrogens with zero attached hydrogens (tertiary/aromatic N) is 2. The van der Waals surface area contributed by atoms with Crippen molar-refractivity contribution < 1.29 is 4.79 Å². The molecule has 6 heteroatoms. The number of halogens is 1. The fourth-order valence-corrected chi connectivity index (χ4v) is 2.59. The number of amides is 1. The highest BCUT2D eigenvalue weighted by Crippen LogP contribution is 2.12. The molecule has 118 valence electrons. The topological polar surface area (TPSA) is 59.0 Å². The van der Waals surface area contributed by atoms with Crippen molar-refractivity contribution in [3.8, 4) is 0 Å². The minimum Gasteiger partial charge on any atom is -0.322 e. The molecule has 1 aromatic heterocycles. The Labute approximate surface area is 136 Å². The zero-order valence-electron chi connectivity index (χ0n) is 12.4. The van der Waals surface area contributed by atoms with E-state index in [2.05, 4.69) is 27.9 Å². The van der Waals surface area contributed by atoms with Gasteiger partial charge in [-0.15, -0.1) is 12.4 Å². The largest absolute Gasteiger partial charge is 0.322 e. The Morgan fingerprint density at radius 1 is 1.32 bits per heavy atom. The van der Waals surface area contributed by atoms with Gasteiger partial charge in [0.05, 0.1) is 24.5 Å². The van der Waals surface area contributed by atoms with E-state index < -0.39 is 0 Å². The summed E-state index contributed by atoms with van der Waals surface area (Å²) in [5.74, 6) is 0.0361. The van der Waals surface area contributed by atoms with Crippen molar-refractivity contribution in [2.75, 3.05) is 11.9 Å². The second kappa shape index (κ2) is 7.96. The van der Waals surface area contributed by atoms with Crippen molar-refractivity contribution >= 4 is 24.0 Å². The van der Waals surface area contributed by atoms with E-state index in [1.807, 2.05) is 29.1 Å². The number of anilines is 1. The molecule has 0 aliphatic carbocycles. The lowest BCUT2D eigenvalue weighted by Gasteiger charge is -2.22. The highest BCUT2D eigenvalue weighted by atomic mass is 35.5. The maximum Gasteiger partial charge on any atom is 0.241 e. The Bertz CT molecular complexity index is 593. The van der Waals surface area contributed by atoms with Gasteiger partial charge < -0.3 is 10.6 Å². The van der Waals surface area contributed by atoms with Crippen molar-refractivity contribution in [1.82, 2.24) is 15.1 Å². The molecule has 2 N–H and O–H groups in total. The molecule has 5 nitrogen and oxygen atoms in total. The summed E-state index contributed by atoms with van der Waals surface area (Å²) in [6.45, 7) is 1.63. The van der Waals surface area contributed by atoms with Gasteiger partial charge in [0.15, 0.2) is 0 Å². The van der Waals surface area contributed by atoms with Crippen LogP contribution in [0.25, 0.3) is 0 Å². The van der Waals surface area contributed by atoms with Gasteiger partial charge in [0, 0.05) is 6.20 Å². The summed E-state index contributed by atoms with van der Waals surface area (Å²) in [6, 6.07) is 10.1. The standard InChI is InChI=1S/C16H20N4O.ClH/c21-16(15-8-4-5-9-17-15)19-14-10-18-20(12-14)11-13-6-2-1-3-7-13;/h1-3,6-7,10,12,15,17H,4-5,8-9,11H2,(H,19,21);1H/t15-;/m1./s1. The van der Waals surface area contributed by atoms with E-state index in [9.17, 15) is 4.79 Å². The molecule has 2 aromatic rings. The van der Waals surface area contributed by atoms with Crippen LogP contribution in [0.2, 0.25) is 0 Å². The molecule has 1 saturated heterocycles. The van der Waals surface area contributed by atoms with Crippen LogP contribution in [-0.2, 0) is 11.3 Å². The zero-order valence-corrected chi connectivity index (χ0v) is 13.2. The molecule has 1 amide bonds. The lowest BCUT2D eigenvalue weighted by molar-refractivity contribution is -0.118. The molecule has 1 aliphatic rings. The van der Waals surface area contributed by atoms with Crippen LogP contribution in [0.15, 0.2) is 42.7 Å². The SMILES string of the molecule is Cl.O=C(Nc1cnn(Cc2ccccc2)c1)[C@H]1CCCCN1. The van der Waals surface area contributed by atoms with Gasteiger partial charge in [-0.05, 0) is 24.9 Å². The van der Waals surface area contributed by atoms with Crippen LogP contribution in [0, 0.1) is 0 Å². The molecule has 2 heterocycles. The van der Waals surface area contributed by atoms with Crippen LogP contribution in [0.3, 0.4) is 0 Å². The number of hydrogen-bond donors (Lipinski definition) is 2. The van der Waals surface area contributed by atoms with Gasteiger partial charge in [-0.1, -0.05) is 36.8 Å². The van der Waals surface area contributed by atoms with Crippen LogP contribution in [-0.4, -0.2) is 28.3 Å². The first-order valence-electron chi connectivity index (χ1n) is 7.42. The third-order valence-corrected chi connectivity index (χ3v) is 3.71. The van der Waals surface area contributed by atoms with Crippen LogP contribution in [0.1, 0.15) is 24.8 Å². The van der Waals surface area contributed by atoms with Gasteiger partial charge in [0.2, 0.25) is 5.91 Å². The quantitative estimate of drug-likeness (QED) is 0.909. The normalized spacial score (nSPS) is 17.5. The third kappa shape index (κ3) is 4.32. The van der Waals surface area contributed by atoms with Gasteiger partial charge in [-0.3, -0.25) is 9.48 Å². The van der Waals surface area contributed by atoms with E-state index in [4.69, 9.17) is 0 Å². The molecule has 22 heavy (non-hydrogen) atoms. The summed E-state index contributed by atoms with van der Waals surface area (Å²) < 4.78 is 1.83. The Morgan fingerprint density at radius 2 is 2.14 bits per heavy atom. The summed E-state index contributed by atoms with van der Waals surface area (Å²) in [7, 11) is 0. The molecule has 0 radical (unpaired) electrons. The smallest absolute Gasteiger partial charge is 0.241 e. The van der Waals surface area contributed by atoms with E-state index in [1.165, 1.54) is 5.56 Å². The predicted molar refractivity (Wildman–Crippen MR) is 89.3 cm³/mol. The van der Waals surface area contributed by atoms with E-state index in [0.29, 0.717) is 6.54 Å². The maximum absolute atomic E-state index is 12.1. The lowest BCUT2D eigenvalue weighted by atomic mass is 10.0. The van der Waals surface area contributed by atoms with Gasteiger partial charge in [0.1, 0.15) is 0 Å². The summed E-state index contributed by atoms with van der Waals surface area (Å²) in [6.07, 6.45) is 6.73. The molecular weight excluding hydrogens is 300 g/mol. The number of rotatable bonds is 4. The molecule has 3 rings (SSSR count). The van der Waals surface area contributed by atoms with Crippen LogP contribution in [0.5, 0.6) is 0 Å². The molecule has 1 fully saturated rings. The van der Waals surface area contributed by atoms with Crippen molar-refractivity contribution in [2.24, 2.45) is 0 Å². The summed E-state index contributed by atoms with van der Waals surface area (Å²) in [4.78, 5) is 12.1. The maximum atomic E-state index is 12.1. The number of carbonyl (C=O) groups is 1. The molecule has 0 spiro atoms. The molecule has 1 aliphatic heterocycles. The summed E-state index contributed by atoms with van der Waals surface area (Å²) in [5.41, 5.74) is 1.94. The first-order chi connectivity index (χ1) is 10.3. The number of carbonyl (C=O) groups excluding carboxylic acids is 1. The van der Waals surface area contributed by atoms with E-state index in [1.54, 1.807) is 6.20 Å². The van der Waals surface area contributed by atoms with Crippen LogP contribution < -0.4 is 10.6 Å².